The predicted octanol–water partition coefficient (Wildman–Crippen LogP) is 1.71. The number of aryl methyl sites for hydroxylation is 1. The normalized spacial score (nSPS) is 19.4. The molecule has 2 aliphatic heterocycles. The Morgan fingerprint density at radius 3 is 3.04 bits per heavy atom. The van der Waals surface area contributed by atoms with Crippen molar-refractivity contribution in [1.29, 1.82) is 0 Å². The molecule has 27 heavy (non-hydrogen) atoms. The number of pyridine rings is 1. The summed E-state index contributed by atoms with van der Waals surface area (Å²) in [4.78, 5) is 32.4. The Morgan fingerprint density at radius 2 is 2.15 bits per heavy atom. The van der Waals surface area contributed by atoms with Crippen LogP contribution >= 0.6 is 0 Å². The van der Waals surface area contributed by atoms with Crippen molar-refractivity contribution in [2.45, 2.75) is 32.4 Å². The van der Waals surface area contributed by atoms with E-state index in [1.54, 1.807) is 15.3 Å². The van der Waals surface area contributed by atoms with Crippen LogP contribution in [0.25, 0.3) is 5.65 Å². The highest BCUT2D eigenvalue weighted by Crippen LogP contribution is 2.34. The van der Waals surface area contributed by atoms with E-state index in [1.807, 2.05) is 25.3 Å². The first-order valence-corrected chi connectivity index (χ1v) is 9.11. The Morgan fingerprint density at radius 1 is 1.26 bits per heavy atom. The van der Waals surface area contributed by atoms with Gasteiger partial charge in [0.1, 0.15) is 18.0 Å². The molecule has 5 heterocycles. The van der Waals surface area contributed by atoms with Gasteiger partial charge < -0.3 is 14.2 Å². The van der Waals surface area contributed by atoms with E-state index in [0.717, 1.165) is 36.3 Å². The van der Waals surface area contributed by atoms with Gasteiger partial charge in [-0.05, 0) is 37.5 Å². The summed E-state index contributed by atoms with van der Waals surface area (Å²) in [6.45, 7) is 3.23. The van der Waals surface area contributed by atoms with Crippen LogP contribution in [0, 0.1) is 6.92 Å². The summed E-state index contributed by atoms with van der Waals surface area (Å²) < 4.78 is 8.60. The minimum atomic E-state index is -0.479. The number of esters is 1. The molecule has 1 atom stereocenters. The van der Waals surface area contributed by atoms with Crippen molar-refractivity contribution in [3.05, 3.63) is 57.8 Å². The van der Waals surface area contributed by atoms with Gasteiger partial charge in [-0.15, -0.1) is 0 Å². The highest BCUT2D eigenvalue weighted by molar-refractivity contribution is 5.95. The Kier molecular flexibility index (Phi) is 3.53. The topological polar surface area (TPSA) is 81.7 Å². The van der Waals surface area contributed by atoms with E-state index in [0.29, 0.717) is 17.8 Å². The van der Waals surface area contributed by atoms with E-state index >= 15 is 0 Å². The molecule has 5 rings (SSSR count). The van der Waals surface area contributed by atoms with Gasteiger partial charge in [0.05, 0.1) is 18.8 Å². The van der Waals surface area contributed by atoms with Crippen molar-refractivity contribution in [3.8, 4) is 0 Å². The highest BCUT2D eigenvalue weighted by Gasteiger charge is 2.30. The number of fused-ring (bicyclic) bond motifs is 6. The Balaban J connectivity index is 1.73. The fourth-order valence-corrected chi connectivity index (χ4v) is 4.06. The summed E-state index contributed by atoms with van der Waals surface area (Å²) in [5, 5.41) is 4.20. The lowest BCUT2D eigenvalue weighted by molar-refractivity contribution is 0.0492. The molecular formula is C19H19N5O3. The molecule has 3 aromatic heterocycles. The second-order valence-corrected chi connectivity index (χ2v) is 7.07. The summed E-state index contributed by atoms with van der Waals surface area (Å²) in [6, 6.07) is 3.82. The fraction of sp³-hybridized carbons (Fsp3) is 0.368. The summed E-state index contributed by atoms with van der Waals surface area (Å²) >= 11 is 0. The molecule has 0 saturated carbocycles. The summed E-state index contributed by atoms with van der Waals surface area (Å²) in [7, 11) is 0. The van der Waals surface area contributed by atoms with E-state index in [4.69, 9.17) is 4.74 Å². The van der Waals surface area contributed by atoms with E-state index < -0.39 is 5.97 Å². The van der Waals surface area contributed by atoms with Gasteiger partial charge in [0, 0.05) is 24.5 Å². The van der Waals surface area contributed by atoms with Crippen molar-refractivity contribution in [2.75, 3.05) is 18.1 Å². The molecule has 8 heteroatoms. The molecule has 138 valence electrons. The maximum atomic E-state index is 13.0. The number of hydrogen-bond acceptors (Lipinski definition) is 6. The predicted molar refractivity (Wildman–Crippen MR) is 98.0 cm³/mol. The van der Waals surface area contributed by atoms with Crippen LogP contribution in [0.1, 0.15) is 40.4 Å². The van der Waals surface area contributed by atoms with Crippen LogP contribution in [0.3, 0.4) is 0 Å². The van der Waals surface area contributed by atoms with Gasteiger partial charge in [0.2, 0.25) is 0 Å². The van der Waals surface area contributed by atoms with Crippen LogP contribution in [0.15, 0.2) is 35.5 Å². The summed E-state index contributed by atoms with van der Waals surface area (Å²) in [5.74, 6) is 0.263. The van der Waals surface area contributed by atoms with Crippen molar-refractivity contribution in [2.24, 2.45) is 0 Å². The van der Waals surface area contributed by atoms with Crippen LogP contribution in [0.2, 0.25) is 0 Å². The van der Waals surface area contributed by atoms with Gasteiger partial charge >= 0.3 is 5.97 Å². The monoisotopic (exact) mass is 365 g/mol. The van der Waals surface area contributed by atoms with Gasteiger partial charge in [0.25, 0.3) is 5.56 Å². The number of anilines is 1. The van der Waals surface area contributed by atoms with Gasteiger partial charge in [-0.25, -0.2) is 14.3 Å². The lowest BCUT2D eigenvalue weighted by Gasteiger charge is -2.26. The quantitative estimate of drug-likeness (QED) is 0.564. The SMILES string of the molecule is Cc1cc2c(=O)n(c1)CCOC(=O)c1cnn3ccc(nc13)N1CCC[C@H]21. The molecular weight excluding hydrogens is 346 g/mol. The zero-order chi connectivity index (χ0) is 18.5. The third kappa shape index (κ3) is 2.51. The zero-order valence-corrected chi connectivity index (χ0v) is 15.0. The number of carbonyl (C=O) groups is 1. The highest BCUT2D eigenvalue weighted by atomic mass is 16.5. The number of hydrogen-bond donors (Lipinski definition) is 0. The van der Waals surface area contributed by atoms with E-state index in [2.05, 4.69) is 15.0 Å². The van der Waals surface area contributed by atoms with Crippen molar-refractivity contribution >= 4 is 17.4 Å². The number of nitrogens with zero attached hydrogens (tertiary/aromatic N) is 5. The number of cyclic esters (lactones) is 1. The largest absolute Gasteiger partial charge is 0.460 e. The Labute approximate surface area is 155 Å². The number of carbonyl (C=O) groups excluding carboxylic acids is 1. The first kappa shape index (κ1) is 16.0. The smallest absolute Gasteiger partial charge is 0.343 e. The molecule has 0 aromatic carbocycles. The van der Waals surface area contributed by atoms with Crippen LogP contribution < -0.4 is 10.5 Å². The molecule has 0 spiro atoms. The second-order valence-electron chi connectivity index (χ2n) is 7.07. The lowest BCUT2D eigenvalue weighted by atomic mass is 10.0. The maximum Gasteiger partial charge on any atom is 0.343 e. The molecule has 0 amide bonds. The molecule has 0 N–H and O–H groups in total. The molecule has 2 aliphatic rings. The minimum Gasteiger partial charge on any atom is -0.460 e. The van der Waals surface area contributed by atoms with E-state index in [-0.39, 0.29) is 18.2 Å². The number of rotatable bonds is 0. The van der Waals surface area contributed by atoms with Gasteiger partial charge in [-0.2, -0.15) is 5.10 Å². The third-order valence-corrected chi connectivity index (χ3v) is 5.30. The molecule has 0 aliphatic carbocycles. The van der Waals surface area contributed by atoms with Crippen LogP contribution in [0.4, 0.5) is 5.82 Å². The molecule has 3 aromatic rings. The average Bonchev–Trinajstić information content (AvgIpc) is 3.29. The standard InChI is InChI=1S/C19H19N5O3/c1-12-9-13-15-3-2-5-23(15)16-4-6-24-17(21-16)14(10-20-24)19(26)27-8-7-22(11-12)18(13)25/h4,6,9-11,15H,2-3,5,7-8H2,1H3/t15-/m1/s1. The van der Waals surface area contributed by atoms with E-state index in [9.17, 15) is 9.59 Å². The van der Waals surface area contributed by atoms with Crippen molar-refractivity contribution < 1.29 is 9.53 Å². The first-order chi connectivity index (χ1) is 13.1. The molecule has 4 bridgehead atoms. The third-order valence-electron chi connectivity index (χ3n) is 5.30. The summed E-state index contributed by atoms with van der Waals surface area (Å²) in [6.07, 6.45) is 6.96. The van der Waals surface area contributed by atoms with E-state index in [1.165, 1.54) is 6.20 Å². The minimum absolute atomic E-state index is 0.0256. The zero-order valence-electron chi connectivity index (χ0n) is 15.0. The molecule has 1 fully saturated rings. The molecule has 0 unspecified atom stereocenters. The summed E-state index contributed by atoms with van der Waals surface area (Å²) in [5.41, 5.74) is 2.56. The lowest BCUT2D eigenvalue weighted by Crippen LogP contribution is -2.32. The second kappa shape index (κ2) is 5.94. The molecule has 0 radical (unpaired) electrons. The molecule has 8 nitrogen and oxygen atoms in total. The fourth-order valence-electron chi connectivity index (χ4n) is 4.06. The maximum absolute atomic E-state index is 13.0. The van der Waals surface area contributed by atoms with Crippen molar-refractivity contribution in [1.82, 2.24) is 19.2 Å². The van der Waals surface area contributed by atoms with Gasteiger partial charge in [-0.3, -0.25) is 4.79 Å². The first-order valence-electron chi connectivity index (χ1n) is 9.11. The average molecular weight is 365 g/mol. The van der Waals surface area contributed by atoms with Crippen LogP contribution in [0.5, 0.6) is 0 Å². The number of aromatic nitrogens is 4. The van der Waals surface area contributed by atoms with Gasteiger partial charge in [0.15, 0.2) is 5.65 Å². The van der Waals surface area contributed by atoms with Crippen molar-refractivity contribution in [3.63, 3.8) is 0 Å². The number of ether oxygens (including phenoxy) is 1. The van der Waals surface area contributed by atoms with Gasteiger partial charge in [-0.1, -0.05) is 0 Å². The Hall–Kier alpha value is -3.16. The van der Waals surface area contributed by atoms with Crippen LogP contribution in [-0.2, 0) is 11.3 Å². The van der Waals surface area contributed by atoms with Crippen LogP contribution in [-0.4, -0.2) is 38.3 Å². The molecule has 1 saturated heterocycles. The Bertz CT molecular complexity index is 1120.